The zero-order valence-corrected chi connectivity index (χ0v) is 20.4. The van der Waals surface area contributed by atoms with E-state index >= 15 is 0 Å². The molecule has 5 nitrogen and oxygen atoms in total. The first-order valence-corrected chi connectivity index (χ1v) is 11.1. The average molecular weight is 559 g/mol. The highest BCUT2D eigenvalue weighted by molar-refractivity contribution is 14.1. The Kier molecular flexibility index (Phi) is 8.14. The largest absolute Gasteiger partial charge is 0.493 e. The zero-order chi connectivity index (χ0) is 23.1. The van der Waals surface area contributed by atoms with E-state index in [2.05, 4.69) is 27.9 Å². The first-order chi connectivity index (χ1) is 15.4. The summed E-state index contributed by atoms with van der Waals surface area (Å²) in [4.78, 5) is 12.6. The van der Waals surface area contributed by atoms with Gasteiger partial charge in [0.2, 0.25) is 0 Å². The van der Waals surface area contributed by atoms with Crippen molar-refractivity contribution in [3.63, 3.8) is 0 Å². The number of benzene rings is 3. The third-order valence-electron chi connectivity index (χ3n) is 4.62. The van der Waals surface area contributed by atoms with Crippen LogP contribution in [0.3, 0.4) is 0 Å². The molecule has 1 amide bonds. The predicted molar refractivity (Wildman–Crippen MR) is 135 cm³/mol. The minimum Gasteiger partial charge on any atom is -0.493 e. The highest BCUT2D eigenvalue weighted by atomic mass is 127. The number of halogens is 2. The molecule has 7 heteroatoms. The SMILES string of the molecule is COc1cc(/C=C(/C#N)C(=O)Nc2cc(Cl)ccc2C)ccc1OCc1ccc(I)cc1. The van der Waals surface area contributed by atoms with E-state index in [4.69, 9.17) is 21.1 Å². The van der Waals surface area contributed by atoms with Crippen LogP contribution in [0.25, 0.3) is 6.08 Å². The van der Waals surface area contributed by atoms with Gasteiger partial charge in [0.25, 0.3) is 5.91 Å². The Hall–Kier alpha value is -3.02. The van der Waals surface area contributed by atoms with Gasteiger partial charge in [-0.25, -0.2) is 0 Å². The second-order valence-corrected chi connectivity index (χ2v) is 8.59. The molecule has 0 radical (unpaired) electrons. The van der Waals surface area contributed by atoms with Crippen LogP contribution in [-0.4, -0.2) is 13.0 Å². The number of carbonyl (C=O) groups excluding carboxylic acids is 1. The Balaban J connectivity index is 1.76. The Morgan fingerprint density at radius 3 is 2.56 bits per heavy atom. The summed E-state index contributed by atoms with van der Waals surface area (Å²) in [6.07, 6.45) is 1.50. The molecule has 3 aromatic rings. The van der Waals surface area contributed by atoms with Gasteiger partial charge in [-0.05, 0) is 88.7 Å². The van der Waals surface area contributed by atoms with Gasteiger partial charge in [-0.3, -0.25) is 4.79 Å². The number of carbonyl (C=O) groups is 1. The summed E-state index contributed by atoms with van der Waals surface area (Å²) in [5.74, 6) is 0.559. The van der Waals surface area contributed by atoms with Gasteiger partial charge in [0, 0.05) is 14.3 Å². The molecule has 3 aromatic carbocycles. The Morgan fingerprint density at radius 1 is 1.12 bits per heavy atom. The van der Waals surface area contributed by atoms with Crippen molar-refractivity contribution in [1.82, 2.24) is 0 Å². The zero-order valence-electron chi connectivity index (χ0n) is 17.5. The quantitative estimate of drug-likeness (QED) is 0.207. The van der Waals surface area contributed by atoms with Gasteiger partial charge >= 0.3 is 0 Å². The van der Waals surface area contributed by atoms with Crippen molar-refractivity contribution >= 4 is 51.9 Å². The van der Waals surface area contributed by atoms with Crippen molar-refractivity contribution in [2.24, 2.45) is 0 Å². The number of nitrogens with zero attached hydrogens (tertiary/aromatic N) is 1. The Labute approximate surface area is 205 Å². The van der Waals surface area contributed by atoms with E-state index in [1.165, 1.54) is 6.08 Å². The Bertz CT molecular complexity index is 1200. The molecule has 0 atom stereocenters. The summed E-state index contributed by atoms with van der Waals surface area (Å²) in [7, 11) is 1.54. The molecular formula is C25H20ClIN2O3. The molecule has 0 spiro atoms. The van der Waals surface area contributed by atoms with Gasteiger partial charge in [-0.1, -0.05) is 35.9 Å². The van der Waals surface area contributed by atoms with Gasteiger partial charge in [0.15, 0.2) is 11.5 Å². The van der Waals surface area contributed by atoms with Crippen molar-refractivity contribution < 1.29 is 14.3 Å². The van der Waals surface area contributed by atoms with Gasteiger partial charge in [-0.15, -0.1) is 0 Å². The summed E-state index contributed by atoms with van der Waals surface area (Å²) in [6.45, 7) is 2.24. The number of nitriles is 1. The molecule has 0 aliphatic heterocycles. The van der Waals surface area contributed by atoms with E-state index in [0.29, 0.717) is 34.4 Å². The van der Waals surface area contributed by atoms with Crippen molar-refractivity contribution in [1.29, 1.82) is 5.26 Å². The fourth-order valence-corrected chi connectivity index (χ4v) is 3.40. The topological polar surface area (TPSA) is 71.3 Å². The predicted octanol–water partition coefficient (Wildman–Crippen LogP) is 6.39. The van der Waals surface area contributed by atoms with E-state index in [1.54, 1.807) is 43.5 Å². The van der Waals surface area contributed by atoms with E-state index < -0.39 is 5.91 Å². The van der Waals surface area contributed by atoms with Crippen LogP contribution < -0.4 is 14.8 Å². The van der Waals surface area contributed by atoms with Gasteiger partial charge < -0.3 is 14.8 Å². The smallest absolute Gasteiger partial charge is 0.266 e. The molecule has 0 unspecified atom stereocenters. The summed E-state index contributed by atoms with van der Waals surface area (Å²) < 4.78 is 12.5. The lowest BCUT2D eigenvalue weighted by atomic mass is 10.1. The third kappa shape index (κ3) is 6.25. The van der Waals surface area contributed by atoms with E-state index in [1.807, 2.05) is 37.3 Å². The molecule has 1 N–H and O–H groups in total. The molecule has 3 rings (SSSR count). The number of nitrogens with one attached hydrogen (secondary N) is 1. The van der Waals surface area contributed by atoms with E-state index in [9.17, 15) is 10.1 Å². The van der Waals surface area contributed by atoms with Gasteiger partial charge in [0.05, 0.1) is 7.11 Å². The van der Waals surface area contributed by atoms with Crippen LogP contribution in [0.1, 0.15) is 16.7 Å². The normalized spacial score (nSPS) is 10.9. The third-order valence-corrected chi connectivity index (χ3v) is 5.57. The maximum absolute atomic E-state index is 12.6. The lowest BCUT2D eigenvalue weighted by molar-refractivity contribution is -0.112. The maximum atomic E-state index is 12.6. The summed E-state index contributed by atoms with van der Waals surface area (Å²) in [6, 6.07) is 20.4. The number of rotatable bonds is 7. The molecule has 32 heavy (non-hydrogen) atoms. The lowest BCUT2D eigenvalue weighted by Gasteiger charge is -2.12. The molecule has 0 bridgehead atoms. The van der Waals surface area contributed by atoms with Crippen LogP contribution in [0.15, 0.2) is 66.2 Å². The highest BCUT2D eigenvalue weighted by Crippen LogP contribution is 2.30. The van der Waals surface area contributed by atoms with E-state index in [0.717, 1.165) is 14.7 Å². The molecule has 0 saturated carbocycles. The molecule has 0 saturated heterocycles. The lowest BCUT2D eigenvalue weighted by Crippen LogP contribution is -2.14. The molecule has 0 fully saturated rings. The number of anilines is 1. The number of methoxy groups -OCH3 is 1. The minimum atomic E-state index is -0.518. The van der Waals surface area contributed by atoms with Crippen molar-refractivity contribution in [3.8, 4) is 17.6 Å². The van der Waals surface area contributed by atoms with Crippen LogP contribution in [0.2, 0.25) is 5.02 Å². The standard InChI is InChI=1S/C25H20ClIN2O3/c1-16-3-7-20(26)13-22(16)29-25(30)19(14-28)11-18-6-10-23(24(12-18)31-2)32-15-17-4-8-21(27)9-5-17/h3-13H,15H2,1-2H3,(H,29,30)/b19-11-. The molecule has 0 aliphatic rings. The molecular weight excluding hydrogens is 539 g/mol. The van der Waals surface area contributed by atoms with Crippen LogP contribution in [-0.2, 0) is 11.4 Å². The van der Waals surface area contributed by atoms with Crippen molar-refractivity contribution in [2.75, 3.05) is 12.4 Å². The number of ether oxygens (including phenoxy) is 2. The molecule has 0 aromatic heterocycles. The fraction of sp³-hybridized carbons (Fsp3) is 0.120. The number of hydrogen-bond donors (Lipinski definition) is 1. The number of hydrogen-bond acceptors (Lipinski definition) is 4. The van der Waals surface area contributed by atoms with Gasteiger partial charge in [-0.2, -0.15) is 5.26 Å². The number of aryl methyl sites for hydroxylation is 1. The molecule has 0 heterocycles. The average Bonchev–Trinajstić information content (AvgIpc) is 2.79. The van der Waals surface area contributed by atoms with Crippen LogP contribution in [0, 0.1) is 21.8 Å². The Morgan fingerprint density at radius 2 is 1.88 bits per heavy atom. The molecule has 162 valence electrons. The second kappa shape index (κ2) is 11.0. The fourth-order valence-electron chi connectivity index (χ4n) is 2.87. The maximum Gasteiger partial charge on any atom is 0.266 e. The van der Waals surface area contributed by atoms with Crippen molar-refractivity contribution in [2.45, 2.75) is 13.5 Å². The summed E-state index contributed by atoms with van der Waals surface area (Å²) in [5.41, 5.74) is 3.03. The minimum absolute atomic E-state index is 0.0426. The van der Waals surface area contributed by atoms with Crippen molar-refractivity contribution in [3.05, 3.63) is 91.5 Å². The second-order valence-electron chi connectivity index (χ2n) is 6.91. The van der Waals surface area contributed by atoms with Crippen LogP contribution in [0.5, 0.6) is 11.5 Å². The highest BCUT2D eigenvalue weighted by Gasteiger charge is 2.13. The first kappa shape index (κ1) is 23.6. The van der Waals surface area contributed by atoms with E-state index in [-0.39, 0.29) is 5.57 Å². The van der Waals surface area contributed by atoms with Crippen LogP contribution in [0.4, 0.5) is 5.69 Å². The molecule has 0 aliphatic carbocycles. The summed E-state index contributed by atoms with van der Waals surface area (Å²) >= 11 is 8.26. The van der Waals surface area contributed by atoms with Gasteiger partial charge in [0.1, 0.15) is 18.2 Å². The van der Waals surface area contributed by atoms with Crippen LogP contribution >= 0.6 is 34.2 Å². The monoisotopic (exact) mass is 558 g/mol. The first-order valence-electron chi connectivity index (χ1n) is 9.64. The number of amides is 1. The summed E-state index contributed by atoms with van der Waals surface area (Å²) in [5, 5.41) is 12.7.